The summed E-state index contributed by atoms with van der Waals surface area (Å²) in [5.41, 5.74) is 2.19. The normalized spacial score (nSPS) is 13.7. The molecule has 3 rings (SSSR count). The average molecular weight is 373 g/mol. The van der Waals surface area contributed by atoms with E-state index in [0.29, 0.717) is 6.61 Å². The van der Waals surface area contributed by atoms with Crippen LogP contribution < -0.4 is 10.1 Å². The summed E-state index contributed by atoms with van der Waals surface area (Å²) in [4.78, 5) is 17.0. The molecule has 1 aromatic heterocycles. The van der Waals surface area contributed by atoms with Gasteiger partial charge in [-0.05, 0) is 57.6 Å². The molecule has 0 unspecified atom stereocenters. The zero-order valence-corrected chi connectivity index (χ0v) is 16.7. The molecule has 0 spiro atoms. The average Bonchev–Trinajstić information content (AvgIpc) is 3.10. The zero-order valence-electron chi connectivity index (χ0n) is 15.9. The SMILES string of the molecule is CCN(CC)CCC[C@@H](C)NC(=O)c1cc2c(s1)-c1ccccc1OC2. The van der Waals surface area contributed by atoms with Crippen molar-refractivity contribution >= 4 is 17.2 Å². The summed E-state index contributed by atoms with van der Waals surface area (Å²) in [5.74, 6) is 0.927. The second kappa shape index (κ2) is 8.69. The highest BCUT2D eigenvalue weighted by Gasteiger charge is 2.22. The molecule has 4 nitrogen and oxygen atoms in total. The van der Waals surface area contributed by atoms with Crippen LogP contribution in [0.2, 0.25) is 0 Å². The van der Waals surface area contributed by atoms with Gasteiger partial charge in [0.2, 0.25) is 0 Å². The van der Waals surface area contributed by atoms with E-state index in [1.165, 1.54) is 0 Å². The Morgan fingerprint density at radius 3 is 2.85 bits per heavy atom. The van der Waals surface area contributed by atoms with Crippen molar-refractivity contribution in [1.29, 1.82) is 0 Å². The van der Waals surface area contributed by atoms with E-state index in [1.807, 2.05) is 24.3 Å². The molecule has 0 radical (unpaired) electrons. The minimum atomic E-state index is 0.0252. The molecule has 26 heavy (non-hydrogen) atoms. The molecule has 0 saturated heterocycles. The van der Waals surface area contributed by atoms with Gasteiger partial charge in [0.25, 0.3) is 5.91 Å². The lowest BCUT2D eigenvalue weighted by molar-refractivity contribution is 0.0941. The number of hydrogen-bond donors (Lipinski definition) is 1. The molecule has 0 fully saturated rings. The third-order valence-electron chi connectivity index (χ3n) is 4.93. The largest absolute Gasteiger partial charge is 0.488 e. The van der Waals surface area contributed by atoms with Gasteiger partial charge >= 0.3 is 0 Å². The van der Waals surface area contributed by atoms with Crippen LogP contribution in [-0.2, 0) is 6.61 Å². The van der Waals surface area contributed by atoms with Crippen LogP contribution in [0.4, 0.5) is 0 Å². The van der Waals surface area contributed by atoms with E-state index in [0.717, 1.165) is 59.1 Å². The number of para-hydroxylation sites is 1. The van der Waals surface area contributed by atoms with Gasteiger partial charge in [-0.1, -0.05) is 26.0 Å². The Balaban J connectivity index is 1.59. The number of thiophene rings is 1. The third-order valence-corrected chi connectivity index (χ3v) is 6.14. The molecule has 1 aliphatic heterocycles. The molecule has 0 aliphatic carbocycles. The van der Waals surface area contributed by atoms with Crippen LogP contribution in [0.3, 0.4) is 0 Å². The van der Waals surface area contributed by atoms with Gasteiger partial charge in [-0.25, -0.2) is 0 Å². The summed E-state index contributed by atoms with van der Waals surface area (Å²) < 4.78 is 5.79. The summed E-state index contributed by atoms with van der Waals surface area (Å²) in [6, 6.07) is 10.2. The number of rotatable bonds is 8. The predicted octanol–water partition coefficient (Wildman–Crippen LogP) is 4.55. The van der Waals surface area contributed by atoms with Crippen LogP contribution in [-0.4, -0.2) is 36.5 Å². The molecule has 0 saturated carbocycles. The Labute approximate surface area is 160 Å². The van der Waals surface area contributed by atoms with Gasteiger partial charge < -0.3 is 15.0 Å². The second-order valence-corrected chi connectivity index (χ2v) is 7.85. The molecule has 1 amide bonds. The lowest BCUT2D eigenvalue weighted by atomic mass is 10.1. The molecule has 2 aromatic rings. The molecule has 1 N–H and O–H groups in total. The molecule has 1 aliphatic rings. The fraction of sp³-hybridized carbons (Fsp3) is 0.476. The first-order valence-corrected chi connectivity index (χ1v) is 10.3. The van der Waals surface area contributed by atoms with Crippen molar-refractivity contribution in [2.45, 2.75) is 46.3 Å². The Kier molecular flexibility index (Phi) is 6.33. The number of ether oxygens (including phenoxy) is 1. The van der Waals surface area contributed by atoms with Gasteiger partial charge in [0.1, 0.15) is 12.4 Å². The van der Waals surface area contributed by atoms with E-state index >= 15 is 0 Å². The van der Waals surface area contributed by atoms with Crippen molar-refractivity contribution < 1.29 is 9.53 Å². The zero-order chi connectivity index (χ0) is 18.5. The number of carbonyl (C=O) groups is 1. The standard InChI is InChI=1S/C21H28N2O2S/c1-4-23(5-2)12-8-9-15(3)22-21(24)19-13-16-14-25-18-11-7-6-10-17(18)20(16)26-19/h6-7,10-11,13,15H,4-5,8-9,12,14H2,1-3H3,(H,22,24)/t15-/m1/s1. The highest BCUT2D eigenvalue weighted by Crippen LogP contribution is 2.42. The minimum absolute atomic E-state index is 0.0252. The van der Waals surface area contributed by atoms with Crippen molar-refractivity contribution in [1.82, 2.24) is 10.2 Å². The summed E-state index contributed by atoms with van der Waals surface area (Å²) in [7, 11) is 0. The second-order valence-electron chi connectivity index (χ2n) is 6.79. The van der Waals surface area contributed by atoms with Gasteiger partial charge in [0, 0.05) is 22.0 Å². The van der Waals surface area contributed by atoms with E-state index in [4.69, 9.17) is 4.74 Å². The number of benzene rings is 1. The van der Waals surface area contributed by atoms with Gasteiger partial charge in [-0.2, -0.15) is 0 Å². The number of carbonyl (C=O) groups excluding carboxylic acids is 1. The number of amides is 1. The van der Waals surface area contributed by atoms with Crippen molar-refractivity contribution in [3.8, 4) is 16.2 Å². The van der Waals surface area contributed by atoms with Crippen molar-refractivity contribution in [3.05, 3.63) is 40.8 Å². The highest BCUT2D eigenvalue weighted by atomic mass is 32.1. The highest BCUT2D eigenvalue weighted by molar-refractivity contribution is 7.17. The van der Waals surface area contributed by atoms with Crippen LogP contribution in [0.1, 0.15) is 48.8 Å². The van der Waals surface area contributed by atoms with Crippen molar-refractivity contribution in [2.75, 3.05) is 19.6 Å². The molecule has 1 atom stereocenters. The van der Waals surface area contributed by atoms with Crippen LogP contribution in [0, 0.1) is 0 Å². The monoisotopic (exact) mass is 372 g/mol. The number of hydrogen-bond acceptors (Lipinski definition) is 4. The van der Waals surface area contributed by atoms with Gasteiger partial charge in [0.05, 0.1) is 4.88 Å². The first-order chi connectivity index (χ1) is 12.6. The molecule has 0 bridgehead atoms. The summed E-state index contributed by atoms with van der Waals surface area (Å²) >= 11 is 1.56. The third kappa shape index (κ3) is 4.27. The Morgan fingerprint density at radius 1 is 1.31 bits per heavy atom. The Morgan fingerprint density at radius 2 is 2.08 bits per heavy atom. The fourth-order valence-electron chi connectivity index (χ4n) is 3.34. The predicted molar refractivity (Wildman–Crippen MR) is 108 cm³/mol. The van der Waals surface area contributed by atoms with Gasteiger partial charge in [0.15, 0.2) is 0 Å². The maximum atomic E-state index is 12.6. The number of fused-ring (bicyclic) bond motifs is 3. The van der Waals surface area contributed by atoms with Gasteiger partial charge in [-0.15, -0.1) is 11.3 Å². The Bertz CT molecular complexity index is 752. The Hall–Kier alpha value is -1.85. The summed E-state index contributed by atoms with van der Waals surface area (Å²) in [6.07, 6.45) is 2.10. The van der Waals surface area contributed by atoms with Crippen molar-refractivity contribution in [3.63, 3.8) is 0 Å². The lowest BCUT2D eigenvalue weighted by Crippen LogP contribution is -2.33. The van der Waals surface area contributed by atoms with E-state index in [-0.39, 0.29) is 11.9 Å². The topological polar surface area (TPSA) is 41.6 Å². The van der Waals surface area contributed by atoms with Crippen LogP contribution >= 0.6 is 11.3 Å². The lowest BCUT2D eigenvalue weighted by Gasteiger charge is -2.19. The molecular formula is C21H28N2O2S. The van der Waals surface area contributed by atoms with Crippen LogP contribution in [0.25, 0.3) is 10.4 Å². The molecule has 140 valence electrons. The van der Waals surface area contributed by atoms with E-state index < -0.39 is 0 Å². The van der Waals surface area contributed by atoms with Crippen LogP contribution in [0.5, 0.6) is 5.75 Å². The van der Waals surface area contributed by atoms with E-state index in [1.54, 1.807) is 11.3 Å². The number of nitrogens with one attached hydrogen (secondary N) is 1. The summed E-state index contributed by atoms with van der Waals surface area (Å²) in [6.45, 7) is 10.3. The molecular weight excluding hydrogens is 344 g/mol. The first kappa shape index (κ1) is 18.9. The quantitative estimate of drug-likeness (QED) is 0.739. The number of nitrogens with zero attached hydrogens (tertiary/aromatic N) is 1. The summed E-state index contributed by atoms with van der Waals surface area (Å²) in [5, 5.41) is 3.15. The fourth-order valence-corrected chi connectivity index (χ4v) is 4.44. The van der Waals surface area contributed by atoms with Crippen LogP contribution in [0.15, 0.2) is 30.3 Å². The van der Waals surface area contributed by atoms with E-state index in [9.17, 15) is 4.79 Å². The maximum absolute atomic E-state index is 12.6. The first-order valence-electron chi connectivity index (χ1n) is 9.50. The van der Waals surface area contributed by atoms with Gasteiger partial charge in [-0.3, -0.25) is 4.79 Å². The van der Waals surface area contributed by atoms with E-state index in [2.05, 4.69) is 37.1 Å². The molecule has 2 heterocycles. The minimum Gasteiger partial charge on any atom is -0.488 e. The molecule has 1 aromatic carbocycles. The van der Waals surface area contributed by atoms with Crippen molar-refractivity contribution in [2.24, 2.45) is 0 Å². The molecule has 5 heteroatoms. The maximum Gasteiger partial charge on any atom is 0.261 e. The smallest absolute Gasteiger partial charge is 0.261 e.